The van der Waals surface area contributed by atoms with Crippen molar-refractivity contribution in [2.24, 2.45) is 5.10 Å². The third-order valence-corrected chi connectivity index (χ3v) is 4.36. The van der Waals surface area contributed by atoms with Crippen molar-refractivity contribution in [3.8, 4) is 0 Å². The van der Waals surface area contributed by atoms with Crippen molar-refractivity contribution in [3.05, 3.63) is 78.2 Å². The maximum absolute atomic E-state index is 11.5. The molecule has 4 aromatic rings. The second kappa shape index (κ2) is 6.80. The van der Waals surface area contributed by atoms with E-state index in [4.69, 9.17) is 0 Å². The lowest BCUT2D eigenvalue weighted by Crippen LogP contribution is -2.13. The van der Waals surface area contributed by atoms with Gasteiger partial charge in [-0.3, -0.25) is 5.10 Å². The second-order valence-corrected chi connectivity index (χ2v) is 6.03. The maximum Gasteiger partial charge on any atom is 0.337 e. The highest BCUT2D eigenvalue weighted by Gasteiger charge is 2.15. The van der Waals surface area contributed by atoms with Gasteiger partial charge in [0, 0.05) is 30.5 Å². The summed E-state index contributed by atoms with van der Waals surface area (Å²) in [6.07, 6.45) is 5.42. The van der Waals surface area contributed by atoms with Crippen LogP contribution < -0.4 is 4.90 Å². The molecule has 2 heterocycles. The molecule has 0 fully saturated rings. The minimum Gasteiger partial charge on any atom is -0.478 e. The van der Waals surface area contributed by atoms with Crippen LogP contribution in [-0.2, 0) is 0 Å². The van der Waals surface area contributed by atoms with E-state index in [0.717, 1.165) is 22.3 Å². The Hall–Kier alpha value is -3.87. The van der Waals surface area contributed by atoms with E-state index in [-0.39, 0.29) is 5.56 Å². The van der Waals surface area contributed by atoms with Crippen molar-refractivity contribution in [2.75, 3.05) is 11.9 Å². The van der Waals surface area contributed by atoms with Gasteiger partial charge in [0.05, 0.1) is 28.7 Å². The van der Waals surface area contributed by atoms with Gasteiger partial charge in [0.25, 0.3) is 0 Å². The molecule has 0 amide bonds. The molecular formula is C20H17N5O2. The van der Waals surface area contributed by atoms with Gasteiger partial charge in [0.15, 0.2) is 0 Å². The fraction of sp³-hybridized carbons (Fsp3) is 0.0500. The lowest BCUT2D eigenvalue weighted by Gasteiger charge is -2.21. The van der Waals surface area contributed by atoms with Crippen LogP contribution in [0.15, 0.2) is 72.1 Å². The fourth-order valence-electron chi connectivity index (χ4n) is 2.94. The molecule has 2 N–H and O–H groups in total. The number of anilines is 2. The zero-order valence-corrected chi connectivity index (χ0v) is 14.6. The molecule has 27 heavy (non-hydrogen) atoms. The van der Waals surface area contributed by atoms with Crippen molar-refractivity contribution in [2.45, 2.75) is 0 Å². The van der Waals surface area contributed by atoms with Crippen LogP contribution >= 0.6 is 0 Å². The van der Waals surface area contributed by atoms with Crippen LogP contribution in [0.3, 0.4) is 0 Å². The van der Waals surface area contributed by atoms with Crippen LogP contribution in [0.5, 0.6) is 0 Å². The number of nitrogens with zero attached hydrogens (tertiary/aromatic N) is 4. The minimum atomic E-state index is -0.957. The van der Waals surface area contributed by atoms with Crippen LogP contribution in [0.25, 0.3) is 10.9 Å². The molecule has 7 nitrogen and oxygen atoms in total. The maximum atomic E-state index is 11.5. The Morgan fingerprint density at radius 3 is 2.74 bits per heavy atom. The number of carboxylic acids is 1. The summed E-state index contributed by atoms with van der Waals surface area (Å²) >= 11 is 0. The molecule has 0 saturated heterocycles. The first-order chi connectivity index (χ1) is 13.1. The zero-order valence-electron chi connectivity index (χ0n) is 14.6. The number of carbonyl (C=O) groups is 1. The number of carboxylic acid groups (broad SMARTS) is 1. The van der Waals surface area contributed by atoms with E-state index in [9.17, 15) is 9.90 Å². The van der Waals surface area contributed by atoms with Gasteiger partial charge in [-0.15, -0.1) is 0 Å². The number of fused-ring (bicyclic) bond motifs is 1. The lowest BCUT2D eigenvalue weighted by molar-refractivity contribution is 0.0697. The number of hydrogen-bond acceptors (Lipinski definition) is 4. The van der Waals surface area contributed by atoms with Gasteiger partial charge in [-0.25, -0.2) is 9.47 Å². The van der Waals surface area contributed by atoms with Gasteiger partial charge in [-0.05, 0) is 42.5 Å². The van der Waals surface area contributed by atoms with E-state index in [0.29, 0.717) is 5.69 Å². The summed E-state index contributed by atoms with van der Waals surface area (Å²) in [5, 5.41) is 22.0. The average molecular weight is 359 g/mol. The van der Waals surface area contributed by atoms with E-state index in [1.807, 2.05) is 60.7 Å². The number of benzene rings is 2. The highest BCUT2D eigenvalue weighted by atomic mass is 16.4. The molecule has 2 aromatic carbocycles. The Bertz CT molecular complexity index is 1130. The quantitative estimate of drug-likeness (QED) is 0.532. The number of rotatable bonds is 5. The molecule has 0 spiro atoms. The Labute approximate surface area is 155 Å². The van der Waals surface area contributed by atoms with Crippen molar-refractivity contribution < 1.29 is 9.90 Å². The third kappa shape index (κ3) is 3.18. The van der Waals surface area contributed by atoms with Gasteiger partial charge >= 0.3 is 5.97 Å². The summed E-state index contributed by atoms with van der Waals surface area (Å²) in [6.45, 7) is 0. The Morgan fingerprint density at radius 1 is 1.19 bits per heavy atom. The molecular weight excluding hydrogens is 342 g/mol. The summed E-state index contributed by atoms with van der Waals surface area (Å²) in [6, 6.07) is 16.5. The van der Waals surface area contributed by atoms with Crippen LogP contribution in [0.4, 0.5) is 11.4 Å². The van der Waals surface area contributed by atoms with Crippen LogP contribution in [0, 0.1) is 0 Å². The number of aromatic amines is 1. The first kappa shape index (κ1) is 16.6. The SMILES string of the molecule is CN(c1ccc2c(/C=N/n3cccc3)[nH]nc2c1)c1ccccc1C(=O)O. The van der Waals surface area contributed by atoms with Crippen molar-refractivity contribution in [1.82, 2.24) is 14.9 Å². The smallest absolute Gasteiger partial charge is 0.337 e. The normalized spacial score (nSPS) is 11.3. The number of aromatic nitrogens is 3. The second-order valence-electron chi connectivity index (χ2n) is 6.03. The first-order valence-electron chi connectivity index (χ1n) is 8.35. The highest BCUT2D eigenvalue weighted by molar-refractivity contribution is 5.99. The predicted octanol–water partition coefficient (Wildman–Crippen LogP) is 3.71. The Morgan fingerprint density at radius 2 is 1.96 bits per heavy atom. The molecule has 0 aliphatic heterocycles. The summed E-state index contributed by atoms with van der Waals surface area (Å²) in [5.74, 6) is -0.957. The van der Waals surface area contributed by atoms with Gasteiger partial charge < -0.3 is 10.0 Å². The van der Waals surface area contributed by atoms with E-state index in [2.05, 4.69) is 15.3 Å². The molecule has 0 aliphatic rings. The Kier molecular flexibility index (Phi) is 4.18. The van der Waals surface area contributed by atoms with E-state index >= 15 is 0 Å². The van der Waals surface area contributed by atoms with Crippen molar-refractivity contribution in [3.63, 3.8) is 0 Å². The van der Waals surface area contributed by atoms with Gasteiger partial charge in [0.2, 0.25) is 0 Å². The fourth-order valence-corrected chi connectivity index (χ4v) is 2.94. The van der Waals surface area contributed by atoms with Crippen molar-refractivity contribution in [1.29, 1.82) is 0 Å². The van der Waals surface area contributed by atoms with Crippen LogP contribution in [0.1, 0.15) is 16.1 Å². The molecule has 2 aromatic heterocycles. The zero-order chi connectivity index (χ0) is 18.8. The van der Waals surface area contributed by atoms with E-state index in [1.165, 1.54) is 0 Å². The number of para-hydroxylation sites is 1. The highest BCUT2D eigenvalue weighted by Crippen LogP contribution is 2.29. The molecule has 0 bridgehead atoms. The predicted molar refractivity (Wildman–Crippen MR) is 105 cm³/mol. The average Bonchev–Trinajstić information content (AvgIpc) is 3.35. The topological polar surface area (TPSA) is 86.5 Å². The molecule has 0 atom stereocenters. The lowest BCUT2D eigenvalue weighted by atomic mass is 10.1. The summed E-state index contributed by atoms with van der Waals surface area (Å²) in [4.78, 5) is 13.3. The molecule has 0 saturated carbocycles. The largest absolute Gasteiger partial charge is 0.478 e. The first-order valence-corrected chi connectivity index (χ1v) is 8.35. The van der Waals surface area contributed by atoms with Crippen LogP contribution in [0.2, 0.25) is 0 Å². The van der Waals surface area contributed by atoms with Crippen LogP contribution in [-0.4, -0.2) is 39.2 Å². The Balaban J connectivity index is 1.68. The molecule has 134 valence electrons. The summed E-state index contributed by atoms with van der Waals surface area (Å²) in [5.41, 5.74) is 3.30. The number of aromatic carboxylic acids is 1. The molecule has 0 radical (unpaired) electrons. The van der Waals surface area contributed by atoms with Gasteiger partial charge in [-0.2, -0.15) is 10.2 Å². The molecule has 0 aliphatic carbocycles. The standard InChI is InChI=1S/C20H17N5O2/c1-24(19-7-3-2-6-16(19)20(26)27)14-8-9-15-17(12-14)22-23-18(15)13-21-25-10-4-5-11-25/h2-13H,1H3,(H,22,23)(H,26,27)/b21-13+. The number of nitrogens with one attached hydrogen (secondary N) is 1. The van der Waals surface area contributed by atoms with E-state index < -0.39 is 5.97 Å². The monoisotopic (exact) mass is 359 g/mol. The molecule has 7 heteroatoms. The number of hydrogen-bond donors (Lipinski definition) is 2. The van der Waals surface area contributed by atoms with Crippen molar-refractivity contribution >= 4 is 34.5 Å². The molecule has 4 rings (SSSR count). The summed E-state index contributed by atoms with van der Waals surface area (Å²) < 4.78 is 1.71. The molecule has 0 unspecified atom stereocenters. The summed E-state index contributed by atoms with van der Waals surface area (Å²) in [7, 11) is 1.84. The third-order valence-electron chi connectivity index (χ3n) is 4.36. The van der Waals surface area contributed by atoms with E-state index in [1.54, 1.807) is 29.1 Å². The van der Waals surface area contributed by atoms with Gasteiger partial charge in [0.1, 0.15) is 0 Å². The number of H-pyrrole nitrogens is 1. The minimum absolute atomic E-state index is 0.252. The van der Waals surface area contributed by atoms with Gasteiger partial charge in [-0.1, -0.05) is 12.1 Å².